The lowest BCUT2D eigenvalue weighted by atomic mass is 10.1. The fraction of sp³-hybridized carbons (Fsp3) is 0.241. The number of hydrogen-bond donors (Lipinski definition) is 3. The van der Waals surface area contributed by atoms with Gasteiger partial charge < -0.3 is 25.2 Å². The van der Waals surface area contributed by atoms with Gasteiger partial charge in [0.15, 0.2) is 0 Å². The molecule has 3 aromatic rings. The van der Waals surface area contributed by atoms with E-state index in [2.05, 4.69) is 10.6 Å². The first-order valence-corrected chi connectivity index (χ1v) is 12.5. The van der Waals surface area contributed by atoms with Crippen LogP contribution >= 0.6 is 11.6 Å². The molecule has 7 nitrogen and oxygen atoms in total. The van der Waals surface area contributed by atoms with E-state index >= 15 is 0 Å². The van der Waals surface area contributed by atoms with Crippen molar-refractivity contribution in [2.75, 3.05) is 19.8 Å². The number of carbonyl (C=O) groups is 2. The van der Waals surface area contributed by atoms with Crippen LogP contribution in [0.2, 0.25) is 5.02 Å². The van der Waals surface area contributed by atoms with Crippen molar-refractivity contribution in [3.63, 3.8) is 0 Å². The van der Waals surface area contributed by atoms with Gasteiger partial charge in [0.1, 0.15) is 17.2 Å². The third-order valence-electron chi connectivity index (χ3n) is 5.60. The van der Waals surface area contributed by atoms with Gasteiger partial charge in [0.05, 0.1) is 19.3 Å². The maximum atomic E-state index is 12.9. The van der Waals surface area contributed by atoms with E-state index in [1.54, 1.807) is 30.3 Å². The van der Waals surface area contributed by atoms with Gasteiger partial charge in [0.2, 0.25) is 0 Å². The van der Waals surface area contributed by atoms with Crippen LogP contribution in [0.5, 0.6) is 11.5 Å². The minimum absolute atomic E-state index is 0.0672. The molecule has 4 rings (SSSR count). The first-order chi connectivity index (χ1) is 18.0. The van der Waals surface area contributed by atoms with E-state index in [-0.39, 0.29) is 18.8 Å². The van der Waals surface area contributed by atoms with Crippen LogP contribution in [-0.2, 0) is 11.2 Å². The molecule has 1 aliphatic carbocycles. The molecular formula is C29H29ClN2O5. The summed E-state index contributed by atoms with van der Waals surface area (Å²) in [5.74, 6) is 0.468. The molecule has 0 saturated heterocycles. The monoisotopic (exact) mass is 520 g/mol. The Hall–Kier alpha value is -3.81. The second-order valence-corrected chi connectivity index (χ2v) is 9.06. The highest BCUT2D eigenvalue weighted by Crippen LogP contribution is 2.27. The zero-order valence-corrected chi connectivity index (χ0v) is 21.0. The summed E-state index contributed by atoms with van der Waals surface area (Å²) in [4.78, 5) is 25.5. The van der Waals surface area contributed by atoms with Gasteiger partial charge in [-0.05, 0) is 78.6 Å². The molecule has 2 amide bonds. The smallest absolute Gasteiger partial charge is 0.267 e. The van der Waals surface area contributed by atoms with Crippen molar-refractivity contribution in [1.29, 1.82) is 0 Å². The molecule has 3 aromatic carbocycles. The highest BCUT2D eigenvalue weighted by molar-refractivity contribution is 6.30. The molecule has 8 heteroatoms. The summed E-state index contributed by atoms with van der Waals surface area (Å²) in [6, 6.07) is 21.6. The maximum absolute atomic E-state index is 12.9. The largest absolute Gasteiger partial charge is 0.493 e. The van der Waals surface area contributed by atoms with Crippen LogP contribution in [0.4, 0.5) is 0 Å². The Morgan fingerprint density at radius 2 is 1.62 bits per heavy atom. The van der Waals surface area contributed by atoms with E-state index in [4.69, 9.17) is 26.2 Å². The average Bonchev–Trinajstić information content (AvgIpc) is 3.73. The number of hydrogen-bond acceptors (Lipinski definition) is 5. The number of ether oxygens (including phenoxy) is 2. The van der Waals surface area contributed by atoms with Gasteiger partial charge in [-0.2, -0.15) is 0 Å². The highest BCUT2D eigenvalue weighted by atomic mass is 35.5. The molecule has 0 aromatic heterocycles. The Labute approximate surface area is 221 Å². The standard InChI is InChI=1S/C29H29ClN2O5/c30-23-7-1-20(2-8-23)15-18-36-24-11-5-22(6-12-24)28(34)32-27(29(35)31-16-17-33)19-21-3-9-25(10-4-21)37-26-13-14-26/h1-12,19,26,33H,13-18H2,(H,31,35)(H,32,34)/b27-19+. The highest BCUT2D eigenvalue weighted by Gasteiger charge is 2.23. The molecular weight excluding hydrogens is 492 g/mol. The number of halogens is 1. The van der Waals surface area contributed by atoms with Gasteiger partial charge in [0.25, 0.3) is 11.8 Å². The molecule has 0 heterocycles. The molecule has 1 fully saturated rings. The summed E-state index contributed by atoms with van der Waals surface area (Å²) < 4.78 is 11.5. The number of nitrogens with one attached hydrogen (secondary N) is 2. The molecule has 0 radical (unpaired) electrons. The van der Waals surface area contributed by atoms with Crippen LogP contribution in [0.3, 0.4) is 0 Å². The Kier molecular flexibility index (Phi) is 9.18. The number of amides is 2. The SMILES string of the molecule is O=C(NCCO)/C(=C\c1ccc(OC2CC2)cc1)NC(=O)c1ccc(OCCc2ccc(Cl)cc2)cc1. The van der Waals surface area contributed by atoms with E-state index in [0.29, 0.717) is 29.0 Å². The third kappa shape index (κ3) is 8.37. The van der Waals surface area contributed by atoms with Gasteiger partial charge in [-0.15, -0.1) is 0 Å². The van der Waals surface area contributed by atoms with Crippen LogP contribution in [-0.4, -0.2) is 42.8 Å². The van der Waals surface area contributed by atoms with Gasteiger partial charge in [-0.1, -0.05) is 35.9 Å². The lowest BCUT2D eigenvalue weighted by molar-refractivity contribution is -0.117. The average molecular weight is 521 g/mol. The summed E-state index contributed by atoms with van der Waals surface area (Å²) in [5.41, 5.74) is 2.28. The Morgan fingerprint density at radius 1 is 0.946 bits per heavy atom. The van der Waals surface area contributed by atoms with Crippen LogP contribution in [0.1, 0.15) is 34.3 Å². The fourth-order valence-electron chi connectivity index (χ4n) is 3.45. The summed E-state index contributed by atoms with van der Waals surface area (Å²) in [6.45, 7) is 0.345. The van der Waals surface area contributed by atoms with Crippen molar-refractivity contribution < 1.29 is 24.2 Å². The summed E-state index contributed by atoms with van der Waals surface area (Å²) in [7, 11) is 0. The molecule has 37 heavy (non-hydrogen) atoms. The van der Waals surface area contributed by atoms with Crippen molar-refractivity contribution in [3.05, 3.63) is 100 Å². The Morgan fingerprint density at radius 3 is 2.27 bits per heavy atom. The number of aliphatic hydroxyl groups excluding tert-OH is 1. The normalized spacial score (nSPS) is 13.1. The van der Waals surface area contributed by atoms with Crippen molar-refractivity contribution in [2.24, 2.45) is 0 Å². The predicted octanol–water partition coefficient (Wildman–Crippen LogP) is 4.38. The summed E-state index contributed by atoms with van der Waals surface area (Å²) in [5, 5.41) is 15.0. The molecule has 1 aliphatic rings. The maximum Gasteiger partial charge on any atom is 0.267 e. The van der Waals surface area contributed by atoms with Crippen LogP contribution < -0.4 is 20.1 Å². The predicted molar refractivity (Wildman–Crippen MR) is 143 cm³/mol. The minimum Gasteiger partial charge on any atom is -0.493 e. The lowest BCUT2D eigenvalue weighted by Crippen LogP contribution is -2.36. The van der Waals surface area contributed by atoms with Crippen LogP contribution in [0.15, 0.2) is 78.5 Å². The number of carbonyl (C=O) groups excluding carboxylic acids is 2. The zero-order valence-electron chi connectivity index (χ0n) is 20.3. The molecule has 0 aliphatic heterocycles. The van der Waals surface area contributed by atoms with E-state index in [9.17, 15) is 9.59 Å². The van der Waals surface area contributed by atoms with Crippen LogP contribution in [0, 0.1) is 0 Å². The van der Waals surface area contributed by atoms with Crippen molar-refractivity contribution in [2.45, 2.75) is 25.4 Å². The lowest BCUT2D eigenvalue weighted by Gasteiger charge is -2.12. The van der Waals surface area contributed by atoms with Crippen LogP contribution in [0.25, 0.3) is 6.08 Å². The molecule has 192 valence electrons. The molecule has 1 saturated carbocycles. The number of benzene rings is 3. The molecule has 0 atom stereocenters. The second-order valence-electron chi connectivity index (χ2n) is 8.63. The minimum atomic E-state index is -0.497. The van der Waals surface area contributed by atoms with E-state index in [1.165, 1.54) is 0 Å². The zero-order chi connectivity index (χ0) is 26.0. The quantitative estimate of drug-likeness (QED) is 0.308. The van der Waals surface area contributed by atoms with Gasteiger partial charge in [0, 0.05) is 23.6 Å². The molecule has 3 N–H and O–H groups in total. The summed E-state index contributed by atoms with van der Waals surface area (Å²) >= 11 is 5.91. The van der Waals surface area contributed by atoms with E-state index in [0.717, 1.165) is 36.1 Å². The van der Waals surface area contributed by atoms with E-state index < -0.39 is 11.8 Å². The van der Waals surface area contributed by atoms with Gasteiger partial charge in [-0.25, -0.2) is 0 Å². The van der Waals surface area contributed by atoms with Crippen molar-refractivity contribution >= 4 is 29.5 Å². The van der Waals surface area contributed by atoms with Crippen molar-refractivity contribution in [3.8, 4) is 11.5 Å². The van der Waals surface area contributed by atoms with E-state index in [1.807, 2.05) is 48.5 Å². The summed E-state index contributed by atoms with van der Waals surface area (Å²) in [6.07, 6.45) is 4.74. The van der Waals surface area contributed by atoms with Gasteiger partial charge >= 0.3 is 0 Å². The Bertz CT molecular complexity index is 1220. The number of rotatable bonds is 12. The second kappa shape index (κ2) is 12.9. The van der Waals surface area contributed by atoms with Crippen molar-refractivity contribution in [1.82, 2.24) is 10.6 Å². The molecule has 0 bridgehead atoms. The first-order valence-electron chi connectivity index (χ1n) is 12.2. The first kappa shape index (κ1) is 26.3. The molecule has 0 spiro atoms. The topological polar surface area (TPSA) is 96.9 Å². The van der Waals surface area contributed by atoms with Gasteiger partial charge in [-0.3, -0.25) is 9.59 Å². The Balaban J connectivity index is 1.37. The number of aliphatic hydroxyl groups is 1. The third-order valence-corrected chi connectivity index (χ3v) is 5.85. The fourth-order valence-corrected chi connectivity index (χ4v) is 3.57. The molecule has 0 unspecified atom stereocenters.